The van der Waals surface area contributed by atoms with Gasteiger partial charge in [-0.1, -0.05) is 123 Å². The van der Waals surface area contributed by atoms with E-state index in [4.69, 9.17) is 18.9 Å². The van der Waals surface area contributed by atoms with Gasteiger partial charge in [0.1, 0.15) is 0 Å². The predicted molar refractivity (Wildman–Crippen MR) is 291 cm³/mol. The zero-order valence-corrected chi connectivity index (χ0v) is 47.4. The molecule has 0 amide bonds. The lowest BCUT2D eigenvalue weighted by Gasteiger charge is -2.21. The second-order valence-corrected chi connectivity index (χ2v) is 24.5. The topological polar surface area (TPSA) is 95.1 Å². The van der Waals surface area contributed by atoms with Crippen LogP contribution >= 0.6 is 0 Å². The van der Waals surface area contributed by atoms with Crippen LogP contribution in [0.5, 0.6) is 23.0 Å². The Hall–Kier alpha value is -5.20. The van der Waals surface area contributed by atoms with Crippen molar-refractivity contribution in [2.75, 3.05) is 33.8 Å². The van der Waals surface area contributed by atoms with Gasteiger partial charge in [-0.2, -0.15) is 13.2 Å². The van der Waals surface area contributed by atoms with Crippen LogP contribution in [0.4, 0.5) is 18.9 Å². The van der Waals surface area contributed by atoms with Gasteiger partial charge in [0.05, 0.1) is 38.9 Å². The fourth-order valence-electron chi connectivity index (χ4n) is 6.57. The minimum Gasteiger partial charge on any atom is -0.493 e. The Morgan fingerprint density at radius 2 is 0.972 bits per heavy atom. The number of alkyl halides is 3. The van der Waals surface area contributed by atoms with Crippen LogP contribution < -0.4 is 29.0 Å². The first-order chi connectivity index (χ1) is 32.4. The number of halogens is 3. The summed E-state index contributed by atoms with van der Waals surface area (Å²) in [5.74, 6) is 3.18. The average molecular weight is 1010 g/mol. The van der Waals surface area contributed by atoms with Gasteiger partial charge in [0.15, 0.2) is 23.0 Å². The molecule has 0 fully saturated rings. The van der Waals surface area contributed by atoms with Crippen LogP contribution in [0.3, 0.4) is 0 Å². The third kappa shape index (κ3) is 26.7. The smallest absolute Gasteiger partial charge is 0.416 e. The van der Waals surface area contributed by atoms with Gasteiger partial charge in [0, 0.05) is 16.8 Å². The van der Waals surface area contributed by atoms with Gasteiger partial charge >= 0.3 is 6.18 Å². The number of ether oxygens (including phenoxy) is 4. The van der Waals surface area contributed by atoms with Crippen LogP contribution in [0, 0.1) is 17.8 Å². The quantitative estimate of drug-likeness (QED) is 0.144. The molecule has 0 aliphatic heterocycles. The Kier molecular flexibility index (Phi) is 24.8. The molecule has 0 unspecified atom stereocenters. The van der Waals surface area contributed by atoms with Gasteiger partial charge in [-0.3, -0.25) is 0 Å². The van der Waals surface area contributed by atoms with Crippen molar-refractivity contribution in [2.45, 2.75) is 158 Å². The predicted octanol–water partition coefficient (Wildman–Crippen LogP) is 15.9. The highest BCUT2D eigenvalue weighted by molar-refractivity contribution is 7.89. The number of anilines is 1. The number of rotatable bonds is 10. The highest BCUT2D eigenvalue weighted by Gasteiger charge is 2.32. The standard InChI is InChI=1S/C14H22O2.C13H17F3.C12H18O2.C10H15NO2S.C10H15N/c1-14(2,3)9-8-11-6-7-12(15-4)13(10-11)16-5;1-9-5-6-10(8-12(2,3)4)7-11(9)13(14,15)16;1-12(2,3)9-6-7-10(13-4)11(8-9)14-5;1-10(2,3)11-14(12,13)9-7-5-4-6-8-9;1-10(2,3)11-9-7-5-4-6-8-9/h6-7,10H,8-9H2,1-5H3;5-7H,8H2,1-4H3;6-8H,1-5H3;4-8,11H,1-3H3;4-8,11H,1-3H3. The van der Waals surface area contributed by atoms with Gasteiger partial charge in [-0.15, -0.1) is 0 Å². The summed E-state index contributed by atoms with van der Waals surface area (Å²) in [6.07, 6.45) is -1.36. The largest absolute Gasteiger partial charge is 0.493 e. The Morgan fingerprint density at radius 1 is 0.507 bits per heavy atom. The van der Waals surface area contributed by atoms with Crippen molar-refractivity contribution in [3.8, 4) is 23.0 Å². The molecule has 71 heavy (non-hydrogen) atoms. The summed E-state index contributed by atoms with van der Waals surface area (Å²) < 4.78 is 85.0. The summed E-state index contributed by atoms with van der Waals surface area (Å²) in [6.45, 7) is 32.7. The molecule has 0 saturated carbocycles. The maximum Gasteiger partial charge on any atom is 0.416 e. The molecule has 0 bridgehead atoms. The molecule has 0 spiro atoms. The lowest BCUT2D eigenvalue weighted by atomic mass is 9.87. The number of hydrogen-bond donors (Lipinski definition) is 2. The van der Waals surface area contributed by atoms with E-state index in [1.54, 1.807) is 70.9 Å². The molecule has 2 N–H and O–H groups in total. The minimum atomic E-state index is -4.25. The van der Waals surface area contributed by atoms with Gasteiger partial charge < -0.3 is 24.3 Å². The summed E-state index contributed by atoms with van der Waals surface area (Å²) in [4.78, 5) is 0.301. The van der Waals surface area contributed by atoms with Crippen LogP contribution in [0.15, 0.2) is 120 Å². The third-order valence-electron chi connectivity index (χ3n) is 9.99. The number of aryl methyl sites for hydroxylation is 2. The fraction of sp³-hybridized carbons (Fsp3) is 0.492. The summed E-state index contributed by atoms with van der Waals surface area (Å²) >= 11 is 0. The number of nitrogens with one attached hydrogen (secondary N) is 2. The number of benzene rings is 5. The Labute approximate surface area is 427 Å². The SMILES string of the molecule is CC(C)(C)NS(=O)(=O)c1ccccc1.CC(C)(C)Nc1ccccc1.COc1ccc(C(C)(C)C)cc1OC.COc1ccc(CCC(C)(C)C)cc1OC.Cc1ccc(CC(C)(C)C)cc1C(F)(F)F. The first-order valence-electron chi connectivity index (χ1n) is 24.0. The molecule has 0 aromatic heterocycles. The summed E-state index contributed by atoms with van der Waals surface area (Å²) in [7, 11) is 3.27. The number of sulfonamides is 1. The van der Waals surface area contributed by atoms with Gasteiger partial charge in [-0.05, 0) is 161 Å². The van der Waals surface area contributed by atoms with E-state index >= 15 is 0 Å². The van der Waals surface area contributed by atoms with Crippen molar-refractivity contribution in [2.24, 2.45) is 10.8 Å². The Bertz CT molecular complexity index is 2420. The van der Waals surface area contributed by atoms with E-state index in [-0.39, 0.29) is 21.9 Å². The maximum atomic E-state index is 12.7. The lowest BCUT2D eigenvalue weighted by Crippen LogP contribution is -2.40. The van der Waals surface area contributed by atoms with Crippen molar-refractivity contribution < 1.29 is 40.5 Å². The van der Waals surface area contributed by atoms with Crippen molar-refractivity contribution in [1.29, 1.82) is 0 Å². The van der Waals surface area contributed by atoms with E-state index in [9.17, 15) is 21.6 Å². The van der Waals surface area contributed by atoms with E-state index in [2.05, 4.69) is 103 Å². The zero-order valence-electron chi connectivity index (χ0n) is 46.6. The molecule has 0 radical (unpaired) electrons. The van der Waals surface area contributed by atoms with Crippen molar-refractivity contribution in [3.05, 3.63) is 143 Å². The molecular weight excluding hydrogens is 922 g/mol. The second kappa shape index (κ2) is 27.6. The molecule has 0 atom stereocenters. The molecule has 0 aliphatic rings. The number of hydrogen-bond acceptors (Lipinski definition) is 7. The van der Waals surface area contributed by atoms with E-state index < -0.39 is 27.3 Å². The Morgan fingerprint density at radius 3 is 1.39 bits per heavy atom. The second-order valence-electron chi connectivity index (χ2n) is 22.9. The summed E-state index contributed by atoms with van der Waals surface area (Å²) in [5.41, 5.74) is 4.44. The molecule has 0 aliphatic carbocycles. The van der Waals surface area contributed by atoms with Crippen LogP contribution in [0.1, 0.15) is 138 Å². The normalized spacial score (nSPS) is 11.9. The molecule has 8 nitrogen and oxygen atoms in total. The highest BCUT2D eigenvalue weighted by Crippen LogP contribution is 2.35. The summed E-state index contributed by atoms with van der Waals surface area (Å²) in [5, 5.41) is 3.38. The zero-order chi connectivity index (χ0) is 54.6. The van der Waals surface area contributed by atoms with Crippen molar-refractivity contribution >= 4 is 15.7 Å². The van der Waals surface area contributed by atoms with Crippen LogP contribution in [-0.2, 0) is 34.5 Å². The highest BCUT2D eigenvalue weighted by atomic mass is 32.2. The van der Waals surface area contributed by atoms with Gasteiger partial charge in [-0.25, -0.2) is 13.1 Å². The van der Waals surface area contributed by atoms with Crippen molar-refractivity contribution in [3.63, 3.8) is 0 Å². The fourth-order valence-corrected chi connectivity index (χ4v) is 8.01. The van der Waals surface area contributed by atoms with E-state index in [1.807, 2.05) is 77.9 Å². The van der Waals surface area contributed by atoms with E-state index in [0.717, 1.165) is 35.0 Å². The molecule has 0 heterocycles. The molecule has 396 valence electrons. The lowest BCUT2D eigenvalue weighted by molar-refractivity contribution is -0.138. The molecular formula is C59H87F3N2O6S. The average Bonchev–Trinajstić information content (AvgIpc) is 3.24. The monoisotopic (exact) mass is 1010 g/mol. The van der Waals surface area contributed by atoms with Crippen LogP contribution in [-0.4, -0.2) is 47.9 Å². The molecule has 12 heteroatoms. The number of methoxy groups -OCH3 is 4. The first kappa shape index (κ1) is 63.8. The van der Waals surface area contributed by atoms with E-state index in [1.165, 1.54) is 36.2 Å². The minimum absolute atomic E-state index is 0.00186. The third-order valence-corrected chi connectivity index (χ3v) is 11.8. The molecule has 5 aromatic rings. The summed E-state index contributed by atoms with van der Waals surface area (Å²) in [6, 6.07) is 35.4. The molecule has 5 aromatic carbocycles. The van der Waals surface area contributed by atoms with Crippen LogP contribution in [0.2, 0.25) is 0 Å². The molecule has 0 saturated heterocycles. The first-order valence-corrected chi connectivity index (χ1v) is 25.4. The molecule has 5 rings (SSSR count). The van der Waals surface area contributed by atoms with Gasteiger partial charge in [0.25, 0.3) is 0 Å². The van der Waals surface area contributed by atoms with Crippen LogP contribution in [0.25, 0.3) is 0 Å². The van der Waals surface area contributed by atoms with E-state index in [0.29, 0.717) is 16.7 Å². The van der Waals surface area contributed by atoms with Gasteiger partial charge in [0.2, 0.25) is 10.0 Å². The van der Waals surface area contributed by atoms with Crippen molar-refractivity contribution in [1.82, 2.24) is 4.72 Å². The maximum absolute atomic E-state index is 12.7. The number of para-hydroxylation sites is 1. The Balaban J connectivity index is 0.000000446.